The fraction of sp³-hybridized carbons (Fsp3) is 0.200. The van der Waals surface area contributed by atoms with Crippen molar-refractivity contribution in [1.82, 2.24) is 10.6 Å². The Labute approximate surface area is 209 Å². The molecule has 0 aliphatic rings. The van der Waals surface area contributed by atoms with Crippen LogP contribution in [0.5, 0.6) is 11.5 Å². The molecule has 2 N–H and O–H groups in total. The third-order valence-electron chi connectivity index (χ3n) is 4.75. The molecule has 8 heteroatoms. The van der Waals surface area contributed by atoms with Crippen LogP contribution < -0.4 is 20.1 Å². The first-order valence-electron chi connectivity index (χ1n) is 10.3. The van der Waals surface area contributed by atoms with Gasteiger partial charge in [0.25, 0.3) is 11.8 Å². The number of ether oxygens (including phenoxy) is 2. The van der Waals surface area contributed by atoms with Crippen LogP contribution in [0.1, 0.15) is 45.8 Å². The minimum Gasteiger partial charge on any atom is -0.493 e. The van der Waals surface area contributed by atoms with Gasteiger partial charge in [0.2, 0.25) is 0 Å². The molecule has 0 aromatic heterocycles. The van der Waals surface area contributed by atoms with E-state index in [9.17, 15) is 9.59 Å². The van der Waals surface area contributed by atoms with Gasteiger partial charge >= 0.3 is 0 Å². The molecule has 6 nitrogen and oxygen atoms in total. The maximum absolute atomic E-state index is 12.9. The molecule has 3 aromatic rings. The Hall–Kier alpha value is -2.84. The summed E-state index contributed by atoms with van der Waals surface area (Å²) < 4.78 is 12.9. The zero-order chi connectivity index (χ0) is 23.8. The highest BCUT2D eigenvalue weighted by atomic mass is 79.9. The molecule has 172 valence electrons. The maximum atomic E-state index is 12.9. The van der Waals surface area contributed by atoms with E-state index in [0.29, 0.717) is 34.8 Å². The summed E-state index contributed by atoms with van der Waals surface area (Å²) in [7, 11) is 1.55. The van der Waals surface area contributed by atoms with E-state index in [4.69, 9.17) is 9.47 Å². The summed E-state index contributed by atoms with van der Waals surface area (Å²) in [6, 6.07) is 19.3. The number of carbonyl (C=O) groups is 2. The summed E-state index contributed by atoms with van der Waals surface area (Å²) >= 11 is 6.74. The van der Waals surface area contributed by atoms with Crippen LogP contribution in [-0.4, -0.2) is 25.5 Å². The Balaban J connectivity index is 1.90. The van der Waals surface area contributed by atoms with Crippen LogP contribution in [0, 0.1) is 0 Å². The standard InChI is InChI=1S/C25H24Br2N2O4/c1-3-14-33-21-13-8-18(15-22(21)32-2)23(28-24(30)16-4-9-19(26)10-5-16)29-25(31)17-6-11-20(27)12-7-17/h4-13,15,23H,3,14H2,1-2H3,(H,28,30)(H,29,31). The Morgan fingerprint density at radius 3 is 1.79 bits per heavy atom. The first-order chi connectivity index (χ1) is 15.9. The highest BCUT2D eigenvalue weighted by molar-refractivity contribution is 9.10. The molecule has 0 spiro atoms. The van der Waals surface area contributed by atoms with Crippen LogP contribution in [0.25, 0.3) is 0 Å². The number of amides is 2. The van der Waals surface area contributed by atoms with Gasteiger partial charge in [-0.1, -0.05) is 44.8 Å². The Bertz CT molecular complexity index is 1040. The molecule has 0 saturated heterocycles. The molecule has 0 atom stereocenters. The molecule has 0 aliphatic carbocycles. The highest BCUT2D eigenvalue weighted by Crippen LogP contribution is 2.30. The van der Waals surface area contributed by atoms with Crippen molar-refractivity contribution in [3.05, 3.63) is 92.4 Å². The number of carbonyl (C=O) groups excluding carboxylic acids is 2. The number of benzene rings is 3. The number of halogens is 2. The Kier molecular flexibility index (Phi) is 8.91. The lowest BCUT2D eigenvalue weighted by molar-refractivity contribution is 0.0883. The first kappa shape index (κ1) is 24.8. The van der Waals surface area contributed by atoms with E-state index >= 15 is 0 Å². The molecule has 0 saturated carbocycles. The number of hydrogen-bond acceptors (Lipinski definition) is 4. The monoisotopic (exact) mass is 574 g/mol. The summed E-state index contributed by atoms with van der Waals surface area (Å²) in [5.41, 5.74) is 1.58. The molecule has 0 bridgehead atoms. The molecule has 3 aromatic carbocycles. The van der Waals surface area contributed by atoms with Gasteiger partial charge in [-0.15, -0.1) is 0 Å². The number of rotatable bonds is 9. The molecule has 3 rings (SSSR count). The summed E-state index contributed by atoms with van der Waals surface area (Å²) in [4.78, 5) is 25.9. The maximum Gasteiger partial charge on any atom is 0.253 e. The quantitative estimate of drug-likeness (QED) is 0.313. The van der Waals surface area contributed by atoms with Crippen molar-refractivity contribution in [2.45, 2.75) is 19.5 Å². The van der Waals surface area contributed by atoms with Crippen LogP contribution >= 0.6 is 31.9 Å². The first-order valence-corrected chi connectivity index (χ1v) is 11.9. The fourth-order valence-electron chi connectivity index (χ4n) is 3.03. The van der Waals surface area contributed by atoms with Crippen LogP contribution in [0.15, 0.2) is 75.7 Å². The van der Waals surface area contributed by atoms with Crippen LogP contribution in [0.2, 0.25) is 0 Å². The van der Waals surface area contributed by atoms with Gasteiger partial charge in [-0.3, -0.25) is 9.59 Å². The topological polar surface area (TPSA) is 76.7 Å². The summed E-state index contributed by atoms with van der Waals surface area (Å²) in [6.07, 6.45) is 0.0615. The molecule has 0 aliphatic heterocycles. The van der Waals surface area contributed by atoms with Gasteiger partial charge in [0.1, 0.15) is 6.17 Å². The second kappa shape index (κ2) is 11.9. The normalized spacial score (nSPS) is 10.6. The second-order valence-electron chi connectivity index (χ2n) is 7.15. The van der Waals surface area contributed by atoms with Crippen molar-refractivity contribution in [3.8, 4) is 11.5 Å². The zero-order valence-electron chi connectivity index (χ0n) is 18.2. The van der Waals surface area contributed by atoms with Gasteiger partial charge in [0, 0.05) is 20.1 Å². The van der Waals surface area contributed by atoms with E-state index in [1.807, 2.05) is 6.92 Å². The summed E-state index contributed by atoms with van der Waals surface area (Å²) in [5.74, 6) is 0.463. The molecule has 0 fully saturated rings. The molecule has 0 unspecified atom stereocenters. The third-order valence-corrected chi connectivity index (χ3v) is 5.80. The molecular formula is C25H24Br2N2O4. The third kappa shape index (κ3) is 6.82. The van der Waals surface area contributed by atoms with Crippen molar-refractivity contribution in [1.29, 1.82) is 0 Å². The van der Waals surface area contributed by atoms with E-state index in [1.165, 1.54) is 0 Å². The molecule has 0 radical (unpaired) electrons. The van der Waals surface area contributed by atoms with Gasteiger partial charge in [-0.2, -0.15) is 0 Å². The predicted molar refractivity (Wildman–Crippen MR) is 135 cm³/mol. The minimum absolute atomic E-state index is 0.325. The molecule has 33 heavy (non-hydrogen) atoms. The van der Waals surface area contributed by atoms with Crippen molar-refractivity contribution in [2.75, 3.05) is 13.7 Å². The van der Waals surface area contributed by atoms with Gasteiger partial charge in [0.05, 0.1) is 13.7 Å². The molecule has 2 amide bonds. The lowest BCUT2D eigenvalue weighted by atomic mass is 10.1. The summed E-state index contributed by atoms with van der Waals surface area (Å²) in [6.45, 7) is 2.58. The van der Waals surface area contributed by atoms with Gasteiger partial charge in [-0.25, -0.2) is 0 Å². The van der Waals surface area contributed by atoms with Gasteiger partial charge < -0.3 is 20.1 Å². The number of hydrogen-bond donors (Lipinski definition) is 2. The summed E-state index contributed by atoms with van der Waals surface area (Å²) in [5, 5.41) is 5.81. The number of nitrogens with one attached hydrogen (secondary N) is 2. The van der Waals surface area contributed by atoms with Gasteiger partial charge in [0.15, 0.2) is 11.5 Å². The van der Waals surface area contributed by atoms with Crippen molar-refractivity contribution < 1.29 is 19.1 Å². The van der Waals surface area contributed by atoms with E-state index in [2.05, 4.69) is 42.5 Å². The van der Waals surface area contributed by atoms with E-state index in [1.54, 1.807) is 73.8 Å². The zero-order valence-corrected chi connectivity index (χ0v) is 21.4. The Morgan fingerprint density at radius 1 is 0.818 bits per heavy atom. The van der Waals surface area contributed by atoms with Crippen LogP contribution in [-0.2, 0) is 0 Å². The lowest BCUT2D eigenvalue weighted by Crippen LogP contribution is -2.41. The second-order valence-corrected chi connectivity index (χ2v) is 8.98. The predicted octanol–water partition coefficient (Wildman–Crippen LogP) is 5.87. The fourth-order valence-corrected chi connectivity index (χ4v) is 3.56. The highest BCUT2D eigenvalue weighted by Gasteiger charge is 2.21. The van der Waals surface area contributed by atoms with E-state index in [0.717, 1.165) is 15.4 Å². The SMILES string of the molecule is CCCOc1ccc(C(NC(=O)c2ccc(Br)cc2)NC(=O)c2ccc(Br)cc2)cc1OC. The van der Waals surface area contributed by atoms with Crippen LogP contribution in [0.4, 0.5) is 0 Å². The van der Waals surface area contributed by atoms with E-state index in [-0.39, 0.29) is 11.8 Å². The average molecular weight is 576 g/mol. The minimum atomic E-state index is -0.800. The van der Waals surface area contributed by atoms with Crippen molar-refractivity contribution in [2.24, 2.45) is 0 Å². The van der Waals surface area contributed by atoms with Crippen LogP contribution in [0.3, 0.4) is 0 Å². The Morgan fingerprint density at radius 2 is 1.33 bits per heavy atom. The van der Waals surface area contributed by atoms with E-state index < -0.39 is 6.17 Å². The molecular weight excluding hydrogens is 552 g/mol. The smallest absolute Gasteiger partial charge is 0.253 e. The largest absolute Gasteiger partial charge is 0.493 e. The van der Waals surface area contributed by atoms with Crippen molar-refractivity contribution in [3.63, 3.8) is 0 Å². The lowest BCUT2D eigenvalue weighted by Gasteiger charge is -2.22. The number of methoxy groups -OCH3 is 1. The van der Waals surface area contributed by atoms with Crippen molar-refractivity contribution >= 4 is 43.7 Å². The average Bonchev–Trinajstić information content (AvgIpc) is 2.83. The molecule has 0 heterocycles. The van der Waals surface area contributed by atoms with Gasteiger partial charge in [-0.05, 0) is 72.6 Å².